The highest BCUT2D eigenvalue weighted by atomic mass is 19.4. The van der Waals surface area contributed by atoms with Gasteiger partial charge in [-0.25, -0.2) is 4.39 Å². The van der Waals surface area contributed by atoms with Crippen LogP contribution in [0.5, 0.6) is 0 Å². The lowest BCUT2D eigenvalue weighted by Gasteiger charge is -2.41. The van der Waals surface area contributed by atoms with Crippen LogP contribution in [-0.2, 0) is 0 Å². The third-order valence-electron chi connectivity index (χ3n) is 3.22. The predicted molar refractivity (Wildman–Crippen MR) is 61.1 cm³/mol. The third kappa shape index (κ3) is 2.75. The number of piperazine rings is 1. The van der Waals surface area contributed by atoms with Crippen LogP contribution in [-0.4, -0.2) is 43.8 Å². The Balaban J connectivity index is 2.14. The van der Waals surface area contributed by atoms with E-state index in [9.17, 15) is 17.6 Å². The Morgan fingerprint density at radius 3 is 2.28 bits per heavy atom. The number of halogens is 4. The molecule has 0 radical (unpaired) electrons. The second kappa shape index (κ2) is 4.76. The maximum absolute atomic E-state index is 12.8. The first-order chi connectivity index (χ1) is 8.38. The van der Waals surface area contributed by atoms with Crippen LogP contribution in [0.2, 0.25) is 0 Å². The molecule has 0 aromatic heterocycles. The first-order valence-corrected chi connectivity index (χ1v) is 5.65. The van der Waals surface area contributed by atoms with Gasteiger partial charge in [0.2, 0.25) is 0 Å². The first-order valence-electron chi connectivity index (χ1n) is 5.65. The molecule has 100 valence electrons. The first kappa shape index (κ1) is 13.1. The van der Waals surface area contributed by atoms with Gasteiger partial charge >= 0.3 is 6.18 Å². The predicted octanol–water partition coefficient (Wildman–Crippen LogP) is 2.51. The van der Waals surface area contributed by atoms with Gasteiger partial charge < -0.3 is 4.90 Å². The minimum Gasteiger partial charge on any atom is -0.368 e. The van der Waals surface area contributed by atoms with Gasteiger partial charge in [-0.15, -0.1) is 0 Å². The number of hydrogen-bond donors (Lipinski definition) is 0. The lowest BCUT2D eigenvalue weighted by molar-refractivity contribution is -0.180. The van der Waals surface area contributed by atoms with Crippen LogP contribution in [0, 0.1) is 5.82 Å². The summed E-state index contributed by atoms with van der Waals surface area (Å²) in [4.78, 5) is 2.94. The van der Waals surface area contributed by atoms with E-state index in [-0.39, 0.29) is 12.4 Å². The molecule has 1 atom stereocenters. The summed E-state index contributed by atoms with van der Waals surface area (Å²) in [5.41, 5.74) is 0.624. The Morgan fingerprint density at radius 2 is 1.72 bits per heavy atom. The van der Waals surface area contributed by atoms with E-state index < -0.39 is 12.2 Å². The van der Waals surface area contributed by atoms with E-state index in [1.165, 1.54) is 36.2 Å². The number of nitrogens with zero attached hydrogens (tertiary/aromatic N) is 2. The SMILES string of the molecule is CN1CCN(c2ccc(F)cc2)CC1C(F)(F)F. The number of alkyl halides is 3. The molecule has 1 unspecified atom stereocenters. The summed E-state index contributed by atoms with van der Waals surface area (Å²) in [7, 11) is 1.47. The standard InChI is InChI=1S/C12H14F4N2/c1-17-6-7-18(8-11(17)12(14,15)16)10-4-2-9(13)3-5-10/h2-5,11H,6-8H2,1H3. The molecule has 2 nitrogen and oxygen atoms in total. The average molecular weight is 262 g/mol. The molecule has 1 aromatic carbocycles. The summed E-state index contributed by atoms with van der Waals surface area (Å²) in [5.74, 6) is -0.389. The van der Waals surface area contributed by atoms with E-state index in [0.717, 1.165) is 0 Å². The van der Waals surface area contributed by atoms with Crippen molar-refractivity contribution in [2.75, 3.05) is 31.6 Å². The van der Waals surface area contributed by atoms with Crippen LogP contribution < -0.4 is 4.90 Å². The molecule has 0 amide bonds. The molecule has 1 fully saturated rings. The molecule has 18 heavy (non-hydrogen) atoms. The molecule has 0 aliphatic carbocycles. The van der Waals surface area contributed by atoms with Crippen molar-refractivity contribution >= 4 is 5.69 Å². The van der Waals surface area contributed by atoms with Crippen molar-refractivity contribution in [3.8, 4) is 0 Å². The molecule has 1 aromatic rings. The number of benzene rings is 1. The van der Waals surface area contributed by atoms with Crippen LogP contribution in [0.15, 0.2) is 24.3 Å². The summed E-state index contributed by atoms with van der Waals surface area (Å²) < 4.78 is 51.2. The van der Waals surface area contributed by atoms with Gasteiger partial charge in [-0.2, -0.15) is 13.2 Å². The average Bonchev–Trinajstić information content (AvgIpc) is 2.29. The fraction of sp³-hybridized carbons (Fsp3) is 0.500. The van der Waals surface area contributed by atoms with Crippen molar-refractivity contribution in [2.24, 2.45) is 0 Å². The molecular formula is C12H14F4N2. The Kier molecular flexibility index (Phi) is 3.47. The van der Waals surface area contributed by atoms with Crippen molar-refractivity contribution in [2.45, 2.75) is 12.2 Å². The quantitative estimate of drug-likeness (QED) is 0.717. The van der Waals surface area contributed by atoms with Gasteiger partial charge in [-0.1, -0.05) is 0 Å². The van der Waals surface area contributed by atoms with Gasteiger partial charge in [-0.05, 0) is 31.3 Å². The Hall–Kier alpha value is -1.30. The zero-order chi connectivity index (χ0) is 13.3. The number of likely N-dealkylation sites (N-methyl/N-ethyl adjacent to an activating group) is 1. The highest BCUT2D eigenvalue weighted by Gasteiger charge is 2.45. The zero-order valence-corrected chi connectivity index (χ0v) is 9.91. The minimum absolute atomic E-state index is 0.119. The third-order valence-corrected chi connectivity index (χ3v) is 3.22. The van der Waals surface area contributed by atoms with E-state index in [2.05, 4.69) is 0 Å². The fourth-order valence-corrected chi connectivity index (χ4v) is 2.11. The maximum Gasteiger partial charge on any atom is 0.405 e. The number of hydrogen-bond acceptors (Lipinski definition) is 2. The van der Waals surface area contributed by atoms with Crippen LogP contribution in [0.1, 0.15) is 0 Å². The summed E-state index contributed by atoms with van der Waals surface area (Å²) in [6, 6.07) is 4.06. The van der Waals surface area contributed by atoms with E-state index in [1.807, 2.05) is 0 Å². The molecule has 0 spiro atoms. The van der Waals surface area contributed by atoms with Crippen molar-refractivity contribution < 1.29 is 17.6 Å². The molecule has 1 heterocycles. The van der Waals surface area contributed by atoms with E-state index in [0.29, 0.717) is 18.8 Å². The molecule has 0 N–H and O–H groups in total. The summed E-state index contributed by atoms with van der Waals surface area (Å²) in [5, 5.41) is 0. The normalized spacial score (nSPS) is 22.3. The minimum atomic E-state index is -4.24. The van der Waals surface area contributed by atoms with Crippen molar-refractivity contribution in [3.05, 3.63) is 30.1 Å². The van der Waals surface area contributed by atoms with E-state index in [4.69, 9.17) is 0 Å². The molecule has 1 aliphatic heterocycles. The van der Waals surface area contributed by atoms with E-state index >= 15 is 0 Å². The Bertz CT molecular complexity index is 402. The van der Waals surface area contributed by atoms with Crippen LogP contribution in [0.3, 0.4) is 0 Å². The van der Waals surface area contributed by atoms with Crippen LogP contribution in [0.4, 0.5) is 23.2 Å². The largest absolute Gasteiger partial charge is 0.405 e. The summed E-state index contributed by atoms with van der Waals surface area (Å²) >= 11 is 0. The maximum atomic E-state index is 12.8. The molecule has 2 rings (SSSR count). The number of rotatable bonds is 1. The van der Waals surface area contributed by atoms with Gasteiger partial charge in [0, 0.05) is 25.3 Å². The van der Waals surface area contributed by atoms with Gasteiger partial charge in [0.1, 0.15) is 11.9 Å². The Labute approximate surface area is 103 Å². The zero-order valence-electron chi connectivity index (χ0n) is 9.91. The van der Waals surface area contributed by atoms with Crippen molar-refractivity contribution in [3.63, 3.8) is 0 Å². The smallest absolute Gasteiger partial charge is 0.368 e. The van der Waals surface area contributed by atoms with E-state index in [1.54, 1.807) is 4.90 Å². The molecule has 6 heteroatoms. The Morgan fingerprint density at radius 1 is 1.11 bits per heavy atom. The molecule has 0 saturated carbocycles. The highest BCUT2D eigenvalue weighted by Crippen LogP contribution is 2.29. The molecule has 1 aliphatic rings. The van der Waals surface area contributed by atoms with Crippen molar-refractivity contribution in [1.29, 1.82) is 0 Å². The lowest BCUT2D eigenvalue weighted by atomic mass is 10.1. The van der Waals surface area contributed by atoms with Gasteiger partial charge in [0.05, 0.1) is 0 Å². The lowest BCUT2D eigenvalue weighted by Crippen LogP contribution is -2.57. The summed E-state index contributed by atoms with van der Waals surface area (Å²) in [6.45, 7) is 0.724. The van der Waals surface area contributed by atoms with Gasteiger partial charge in [0.15, 0.2) is 0 Å². The highest BCUT2D eigenvalue weighted by molar-refractivity contribution is 5.47. The second-order valence-electron chi connectivity index (χ2n) is 4.46. The monoisotopic (exact) mass is 262 g/mol. The number of anilines is 1. The molecule has 0 bridgehead atoms. The van der Waals surface area contributed by atoms with Crippen LogP contribution in [0.25, 0.3) is 0 Å². The topological polar surface area (TPSA) is 6.48 Å². The second-order valence-corrected chi connectivity index (χ2v) is 4.46. The summed E-state index contributed by atoms with van der Waals surface area (Å²) in [6.07, 6.45) is -4.24. The fourth-order valence-electron chi connectivity index (χ4n) is 2.11. The van der Waals surface area contributed by atoms with Crippen LogP contribution >= 0.6 is 0 Å². The molecule has 1 saturated heterocycles. The van der Waals surface area contributed by atoms with Crippen molar-refractivity contribution in [1.82, 2.24) is 4.90 Å². The van der Waals surface area contributed by atoms with Gasteiger partial charge in [0.25, 0.3) is 0 Å². The molecular weight excluding hydrogens is 248 g/mol. The van der Waals surface area contributed by atoms with Gasteiger partial charge in [-0.3, -0.25) is 4.90 Å².